The van der Waals surface area contributed by atoms with Gasteiger partial charge in [-0.1, -0.05) is 6.07 Å². The zero-order valence-electron chi connectivity index (χ0n) is 12.5. The fourth-order valence-corrected chi connectivity index (χ4v) is 2.81. The second-order valence-corrected chi connectivity index (χ2v) is 5.64. The molecule has 0 aromatic carbocycles. The summed E-state index contributed by atoms with van der Waals surface area (Å²) in [5, 5.41) is 6.84. The predicted octanol–water partition coefficient (Wildman–Crippen LogP) is 2.86. The number of hydrogen-bond acceptors (Lipinski definition) is 4. The summed E-state index contributed by atoms with van der Waals surface area (Å²) < 4.78 is 0. The summed E-state index contributed by atoms with van der Waals surface area (Å²) in [6, 6.07) is 10.4. The van der Waals surface area contributed by atoms with Gasteiger partial charge in [-0.2, -0.15) is 0 Å². The molecule has 110 valence electrons. The van der Waals surface area contributed by atoms with Gasteiger partial charge in [0.05, 0.1) is 12.2 Å². The molecule has 1 aliphatic heterocycles. The number of hydrogen-bond donors (Lipinski definition) is 2. The van der Waals surface area contributed by atoms with Crippen molar-refractivity contribution < 1.29 is 0 Å². The van der Waals surface area contributed by atoms with Gasteiger partial charge in [-0.25, -0.2) is 4.98 Å². The monoisotopic (exact) mass is 282 g/mol. The molecule has 1 atom stereocenters. The van der Waals surface area contributed by atoms with E-state index in [1.807, 2.05) is 31.3 Å². The van der Waals surface area contributed by atoms with Gasteiger partial charge in [0.25, 0.3) is 0 Å². The van der Waals surface area contributed by atoms with Crippen molar-refractivity contribution in [2.24, 2.45) is 0 Å². The maximum Gasteiger partial charge on any atom is 0.126 e. The summed E-state index contributed by atoms with van der Waals surface area (Å²) in [6.07, 6.45) is 4.41. The molecule has 21 heavy (non-hydrogen) atoms. The van der Waals surface area contributed by atoms with E-state index in [2.05, 4.69) is 32.7 Å². The van der Waals surface area contributed by atoms with E-state index < -0.39 is 0 Å². The molecule has 1 fully saturated rings. The first kappa shape index (κ1) is 14.0. The van der Waals surface area contributed by atoms with Crippen LogP contribution >= 0.6 is 0 Å². The molecule has 0 aliphatic carbocycles. The Balaban J connectivity index is 1.65. The number of piperidine rings is 1. The molecule has 2 aromatic rings. The molecule has 1 saturated heterocycles. The van der Waals surface area contributed by atoms with E-state index in [1.54, 1.807) is 0 Å². The van der Waals surface area contributed by atoms with Crippen LogP contribution in [0.3, 0.4) is 0 Å². The van der Waals surface area contributed by atoms with Crippen molar-refractivity contribution in [1.82, 2.24) is 15.3 Å². The van der Waals surface area contributed by atoms with E-state index in [4.69, 9.17) is 0 Å². The highest BCUT2D eigenvalue weighted by Gasteiger charge is 2.15. The Morgan fingerprint density at radius 2 is 2.29 bits per heavy atom. The van der Waals surface area contributed by atoms with Crippen LogP contribution in [0.2, 0.25) is 0 Å². The minimum atomic E-state index is 0.611. The van der Waals surface area contributed by atoms with Gasteiger partial charge in [0.15, 0.2) is 0 Å². The topological polar surface area (TPSA) is 49.8 Å². The van der Waals surface area contributed by atoms with Gasteiger partial charge in [0, 0.05) is 18.4 Å². The molecular weight excluding hydrogens is 260 g/mol. The van der Waals surface area contributed by atoms with E-state index in [1.165, 1.54) is 18.4 Å². The van der Waals surface area contributed by atoms with Crippen LogP contribution in [0.25, 0.3) is 0 Å². The van der Waals surface area contributed by atoms with E-state index in [0.717, 1.165) is 30.3 Å². The zero-order chi connectivity index (χ0) is 14.5. The third kappa shape index (κ3) is 3.79. The number of nitrogens with one attached hydrogen (secondary N) is 2. The molecule has 0 saturated carbocycles. The smallest absolute Gasteiger partial charge is 0.126 e. The van der Waals surface area contributed by atoms with Crippen molar-refractivity contribution in [2.45, 2.75) is 32.2 Å². The number of aromatic nitrogens is 2. The Kier molecular flexibility index (Phi) is 4.46. The molecular formula is C17H22N4. The largest absolute Gasteiger partial charge is 0.364 e. The first-order valence-electron chi connectivity index (χ1n) is 7.64. The SMILES string of the molecule is Cc1cccc(CNc2cc([C@H]3CCCNC3)ccn2)n1. The molecule has 4 nitrogen and oxygen atoms in total. The van der Waals surface area contributed by atoms with Crippen LogP contribution in [-0.4, -0.2) is 23.1 Å². The average Bonchev–Trinajstić information content (AvgIpc) is 2.54. The standard InChI is InChI=1S/C17H22N4/c1-13-4-2-6-16(21-13)12-20-17-10-14(7-9-19-17)15-5-3-8-18-11-15/h2,4,6-7,9-10,15,18H,3,5,8,11-12H2,1H3,(H,19,20)/t15-/m0/s1. The molecule has 0 bridgehead atoms. The summed E-state index contributed by atoms with van der Waals surface area (Å²) >= 11 is 0. The van der Waals surface area contributed by atoms with Crippen molar-refractivity contribution >= 4 is 5.82 Å². The molecule has 2 aromatic heterocycles. The highest BCUT2D eigenvalue weighted by atomic mass is 15.0. The van der Waals surface area contributed by atoms with Gasteiger partial charge in [-0.05, 0) is 62.1 Å². The molecule has 0 amide bonds. The van der Waals surface area contributed by atoms with Crippen LogP contribution in [-0.2, 0) is 6.54 Å². The van der Waals surface area contributed by atoms with Crippen LogP contribution in [0.1, 0.15) is 35.7 Å². The zero-order valence-corrected chi connectivity index (χ0v) is 12.5. The molecule has 4 heteroatoms. The molecule has 1 aliphatic rings. The highest BCUT2D eigenvalue weighted by Crippen LogP contribution is 2.24. The maximum absolute atomic E-state index is 4.50. The number of anilines is 1. The molecule has 2 N–H and O–H groups in total. The lowest BCUT2D eigenvalue weighted by Gasteiger charge is -2.23. The van der Waals surface area contributed by atoms with Gasteiger partial charge in [-0.3, -0.25) is 4.98 Å². The van der Waals surface area contributed by atoms with Crippen molar-refractivity contribution in [2.75, 3.05) is 18.4 Å². The van der Waals surface area contributed by atoms with Crippen molar-refractivity contribution in [1.29, 1.82) is 0 Å². The Labute approximate surface area is 126 Å². The quantitative estimate of drug-likeness (QED) is 0.905. The first-order valence-corrected chi connectivity index (χ1v) is 7.64. The Morgan fingerprint density at radius 1 is 1.33 bits per heavy atom. The fraction of sp³-hybridized carbons (Fsp3) is 0.412. The number of pyridine rings is 2. The number of aryl methyl sites for hydroxylation is 1. The second kappa shape index (κ2) is 6.68. The van der Waals surface area contributed by atoms with E-state index in [0.29, 0.717) is 12.5 Å². The fourth-order valence-electron chi connectivity index (χ4n) is 2.81. The van der Waals surface area contributed by atoms with Gasteiger partial charge >= 0.3 is 0 Å². The molecule has 0 radical (unpaired) electrons. The Hall–Kier alpha value is -1.94. The van der Waals surface area contributed by atoms with Crippen molar-refractivity contribution in [3.63, 3.8) is 0 Å². The number of rotatable bonds is 4. The highest BCUT2D eigenvalue weighted by molar-refractivity contribution is 5.39. The van der Waals surface area contributed by atoms with E-state index in [-0.39, 0.29) is 0 Å². The molecule has 3 rings (SSSR count). The minimum absolute atomic E-state index is 0.611. The lowest BCUT2D eigenvalue weighted by molar-refractivity contribution is 0.461. The second-order valence-electron chi connectivity index (χ2n) is 5.64. The third-order valence-electron chi connectivity index (χ3n) is 3.95. The Bertz CT molecular complexity index is 591. The molecule has 3 heterocycles. The number of nitrogens with zero attached hydrogens (tertiary/aromatic N) is 2. The molecule has 0 spiro atoms. The summed E-state index contributed by atoms with van der Waals surface area (Å²) in [4.78, 5) is 8.91. The summed E-state index contributed by atoms with van der Waals surface area (Å²) in [6.45, 7) is 4.94. The van der Waals surface area contributed by atoms with Crippen LogP contribution in [0.15, 0.2) is 36.5 Å². The van der Waals surface area contributed by atoms with Crippen LogP contribution < -0.4 is 10.6 Å². The third-order valence-corrected chi connectivity index (χ3v) is 3.95. The summed E-state index contributed by atoms with van der Waals surface area (Å²) in [7, 11) is 0. The molecule has 0 unspecified atom stereocenters. The first-order chi connectivity index (χ1) is 10.3. The summed E-state index contributed by atoms with van der Waals surface area (Å²) in [5.41, 5.74) is 3.46. The van der Waals surface area contributed by atoms with E-state index in [9.17, 15) is 0 Å². The minimum Gasteiger partial charge on any atom is -0.364 e. The van der Waals surface area contributed by atoms with Gasteiger partial charge in [0.1, 0.15) is 5.82 Å². The van der Waals surface area contributed by atoms with Crippen LogP contribution in [0, 0.1) is 6.92 Å². The lowest BCUT2D eigenvalue weighted by Crippen LogP contribution is -2.28. The van der Waals surface area contributed by atoms with Crippen LogP contribution in [0.5, 0.6) is 0 Å². The normalized spacial score (nSPS) is 18.4. The summed E-state index contributed by atoms with van der Waals surface area (Å²) in [5.74, 6) is 1.54. The van der Waals surface area contributed by atoms with Crippen molar-refractivity contribution in [3.8, 4) is 0 Å². The van der Waals surface area contributed by atoms with Crippen LogP contribution in [0.4, 0.5) is 5.82 Å². The van der Waals surface area contributed by atoms with Gasteiger partial charge in [-0.15, -0.1) is 0 Å². The lowest BCUT2D eigenvalue weighted by atomic mass is 9.92. The maximum atomic E-state index is 4.50. The predicted molar refractivity (Wildman–Crippen MR) is 85.4 cm³/mol. The average molecular weight is 282 g/mol. The van der Waals surface area contributed by atoms with E-state index >= 15 is 0 Å². The van der Waals surface area contributed by atoms with Gasteiger partial charge in [0.2, 0.25) is 0 Å². The van der Waals surface area contributed by atoms with Gasteiger partial charge < -0.3 is 10.6 Å². The van der Waals surface area contributed by atoms with Crippen molar-refractivity contribution in [3.05, 3.63) is 53.5 Å². The Morgan fingerprint density at radius 3 is 3.10 bits per heavy atom.